The van der Waals surface area contributed by atoms with E-state index in [0.29, 0.717) is 19.7 Å². The molecular formula is C22H22N4O. The number of hydrogen-bond acceptors (Lipinski definition) is 4. The lowest BCUT2D eigenvalue weighted by Crippen LogP contribution is -2.10. The van der Waals surface area contributed by atoms with Crippen LogP contribution in [0.3, 0.4) is 0 Å². The predicted molar refractivity (Wildman–Crippen MR) is 109 cm³/mol. The average Bonchev–Trinajstić information content (AvgIpc) is 3.12. The summed E-state index contributed by atoms with van der Waals surface area (Å²) in [5, 5.41) is 1.05. The summed E-state index contributed by atoms with van der Waals surface area (Å²) in [5.74, 6) is 0.859. The largest absolute Gasteiger partial charge is 0.494 e. The van der Waals surface area contributed by atoms with Crippen LogP contribution in [0.15, 0.2) is 67.0 Å². The molecule has 2 aromatic heterocycles. The highest BCUT2D eigenvalue weighted by Gasteiger charge is 2.16. The maximum absolute atomic E-state index is 5.81. The molecule has 0 aliphatic carbocycles. The van der Waals surface area contributed by atoms with Crippen molar-refractivity contribution in [1.82, 2.24) is 14.5 Å². The summed E-state index contributed by atoms with van der Waals surface area (Å²) < 4.78 is 7.66. The van der Waals surface area contributed by atoms with Crippen LogP contribution in [-0.4, -0.2) is 27.7 Å². The number of aromatic nitrogens is 3. The van der Waals surface area contributed by atoms with Gasteiger partial charge in [0.2, 0.25) is 0 Å². The van der Waals surface area contributed by atoms with Gasteiger partial charge in [-0.05, 0) is 31.2 Å². The predicted octanol–water partition coefficient (Wildman–Crippen LogP) is 4.12. The summed E-state index contributed by atoms with van der Waals surface area (Å²) in [6, 6.07) is 20.3. The van der Waals surface area contributed by atoms with Crippen LogP contribution in [0.25, 0.3) is 33.5 Å². The van der Waals surface area contributed by atoms with Gasteiger partial charge in [0.1, 0.15) is 5.75 Å². The molecule has 0 atom stereocenters. The van der Waals surface area contributed by atoms with Gasteiger partial charge in [-0.1, -0.05) is 36.4 Å². The zero-order valence-corrected chi connectivity index (χ0v) is 15.3. The van der Waals surface area contributed by atoms with Gasteiger partial charge in [0, 0.05) is 24.0 Å². The highest BCUT2D eigenvalue weighted by Crippen LogP contribution is 2.31. The third-order valence-corrected chi connectivity index (χ3v) is 4.47. The lowest BCUT2D eigenvalue weighted by Gasteiger charge is -2.11. The lowest BCUT2D eigenvalue weighted by molar-refractivity contribution is 0.340. The van der Waals surface area contributed by atoms with E-state index in [1.54, 1.807) is 0 Å². The second-order valence-corrected chi connectivity index (χ2v) is 6.27. The molecule has 4 aromatic rings. The second kappa shape index (κ2) is 7.60. The minimum Gasteiger partial charge on any atom is -0.494 e. The van der Waals surface area contributed by atoms with Crippen LogP contribution < -0.4 is 10.5 Å². The van der Waals surface area contributed by atoms with Crippen molar-refractivity contribution in [2.75, 3.05) is 13.2 Å². The van der Waals surface area contributed by atoms with Gasteiger partial charge in [0.05, 0.1) is 35.5 Å². The Hall–Kier alpha value is -3.18. The first-order valence-corrected chi connectivity index (χ1v) is 9.14. The first-order valence-electron chi connectivity index (χ1n) is 9.14. The molecule has 4 rings (SSSR count). The zero-order chi connectivity index (χ0) is 18.6. The number of hydrogen-bond donors (Lipinski definition) is 1. The molecule has 5 nitrogen and oxygen atoms in total. The first kappa shape index (κ1) is 17.2. The molecule has 0 bridgehead atoms. The highest BCUT2D eigenvalue weighted by atomic mass is 16.5. The van der Waals surface area contributed by atoms with E-state index in [-0.39, 0.29) is 0 Å². The van der Waals surface area contributed by atoms with Gasteiger partial charge < -0.3 is 15.0 Å². The Kier molecular flexibility index (Phi) is 4.85. The third kappa shape index (κ3) is 3.41. The molecule has 2 aromatic carbocycles. The number of rotatable bonds is 6. The summed E-state index contributed by atoms with van der Waals surface area (Å²) >= 11 is 0. The molecule has 0 aliphatic rings. The smallest absolute Gasteiger partial charge is 0.120 e. The van der Waals surface area contributed by atoms with Crippen LogP contribution >= 0.6 is 0 Å². The minimum atomic E-state index is 0.545. The maximum atomic E-state index is 5.81. The van der Waals surface area contributed by atoms with Gasteiger partial charge in [-0.2, -0.15) is 0 Å². The van der Waals surface area contributed by atoms with Crippen molar-refractivity contribution in [1.29, 1.82) is 0 Å². The molecule has 27 heavy (non-hydrogen) atoms. The molecule has 0 saturated carbocycles. The number of nitrogens with zero attached hydrogens (tertiary/aromatic N) is 3. The third-order valence-electron chi connectivity index (χ3n) is 4.47. The topological polar surface area (TPSA) is 66.0 Å². The lowest BCUT2D eigenvalue weighted by atomic mass is 10.1. The van der Waals surface area contributed by atoms with E-state index in [1.807, 2.05) is 55.7 Å². The van der Waals surface area contributed by atoms with Gasteiger partial charge in [-0.15, -0.1) is 0 Å². The average molecular weight is 358 g/mol. The van der Waals surface area contributed by atoms with Crippen molar-refractivity contribution in [3.05, 3.63) is 67.0 Å². The van der Waals surface area contributed by atoms with Gasteiger partial charge in [0.15, 0.2) is 0 Å². The molecule has 136 valence electrons. The van der Waals surface area contributed by atoms with E-state index in [4.69, 9.17) is 15.5 Å². The maximum Gasteiger partial charge on any atom is 0.120 e. The fourth-order valence-electron chi connectivity index (χ4n) is 3.26. The minimum absolute atomic E-state index is 0.545. The Bertz CT molecular complexity index is 1060. The van der Waals surface area contributed by atoms with Gasteiger partial charge in [-0.3, -0.25) is 0 Å². The van der Waals surface area contributed by atoms with E-state index in [1.165, 1.54) is 0 Å². The molecule has 0 amide bonds. The second-order valence-electron chi connectivity index (χ2n) is 6.27. The van der Waals surface area contributed by atoms with Gasteiger partial charge >= 0.3 is 0 Å². The molecule has 0 unspecified atom stereocenters. The van der Waals surface area contributed by atoms with Crippen molar-refractivity contribution in [3.63, 3.8) is 0 Å². The number of benzene rings is 2. The van der Waals surface area contributed by atoms with E-state index in [0.717, 1.165) is 39.3 Å². The SMILES string of the molecule is CCOc1ccc2nc(-c3c(-c4ccccc4)ncn3CCN)ccc2c1. The van der Waals surface area contributed by atoms with E-state index < -0.39 is 0 Å². The Morgan fingerprint density at radius 2 is 1.89 bits per heavy atom. The summed E-state index contributed by atoms with van der Waals surface area (Å²) in [5.41, 5.74) is 10.6. The van der Waals surface area contributed by atoms with Crippen LogP contribution in [0.4, 0.5) is 0 Å². The molecule has 0 fully saturated rings. The van der Waals surface area contributed by atoms with Crippen molar-refractivity contribution in [2.45, 2.75) is 13.5 Å². The van der Waals surface area contributed by atoms with E-state index >= 15 is 0 Å². The highest BCUT2D eigenvalue weighted by molar-refractivity contribution is 5.85. The van der Waals surface area contributed by atoms with Crippen molar-refractivity contribution < 1.29 is 4.74 Å². The summed E-state index contributed by atoms with van der Waals surface area (Å²) in [6.07, 6.45) is 1.84. The fourth-order valence-corrected chi connectivity index (χ4v) is 3.26. The summed E-state index contributed by atoms with van der Waals surface area (Å²) in [7, 11) is 0. The quantitative estimate of drug-likeness (QED) is 0.563. The number of imidazole rings is 1. The first-order chi connectivity index (χ1) is 13.3. The number of nitrogens with two attached hydrogens (primary N) is 1. The Morgan fingerprint density at radius 1 is 1.04 bits per heavy atom. The number of pyridine rings is 1. The zero-order valence-electron chi connectivity index (χ0n) is 15.3. The Labute approximate surface area is 158 Å². The Balaban J connectivity index is 1.84. The Morgan fingerprint density at radius 3 is 2.67 bits per heavy atom. The van der Waals surface area contributed by atoms with Gasteiger partial charge in [-0.25, -0.2) is 9.97 Å². The normalized spacial score (nSPS) is 11.0. The molecule has 0 spiro atoms. The van der Waals surface area contributed by atoms with E-state index in [2.05, 4.69) is 27.8 Å². The van der Waals surface area contributed by atoms with Crippen LogP contribution in [0.5, 0.6) is 5.75 Å². The molecule has 5 heteroatoms. The molecular weight excluding hydrogens is 336 g/mol. The van der Waals surface area contributed by atoms with Crippen molar-refractivity contribution in [2.24, 2.45) is 5.73 Å². The summed E-state index contributed by atoms with van der Waals surface area (Å²) in [4.78, 5) is 9.54. The van der Waals surface area contributed by atoms with Crippen molar-refractivity contribution >= 4 is 10.9 Å². The van der Waals surface area contributed by atoms with Crippen molar-refractivity contribution in [3.8, 4) is 28.4 Å². The van der Waals surface area contributed by atoms with Crippen LogP contribution in [0, 0.1) is 0 Å². The van der Waals surface area contributed by atoms with Crippen LogP contribution in [0.1, 0.15) is 6.92 Å². The number of ether oxygens (including phenoxy) is 1. The van der Waals surface area contributed by atoms with E-state index in [9.17, 15) is 0 Å². The summed E-state index contributed by atoms with van der Waals surface area (Å²) in [6.45, 7) is 3.87. The molecule has 0 radical (unpaired) electrons. The monoisotopic (exact) mass is 358 g/mol. The molecule has 2 heterocycles. The number of fused-ring (bicyclic) bond motifs is 1. The van der Waals surface area contributed by atoms with Crippen LogP contribution in [0.2, 0.25) is 0 Å². The molecule has 2 N–H and O–H groups in total. The van der Waals surface area contributed by atoms with Gasteiger partial charge in [0.25, 0.3) is 0 Å². The standard InChI is InChI=1S/C22H22N4O/c1-2-27-18-9-11-19-17(14-18)8-10-20(25-19)22-21(16-6-4-3-5-7-16)24-15-26(22)13-12-23/h3-11,14-15H,2,12-13,23H2,1H3. The molecule has 0 aliphatic heterocycles. The van der Waals surface area contributed by atoms with Crippen LogP contribution in [-0.2, 0) is 6.54 Å². The molecule has 0 saturated heterocycles. The fraction of sp³-hybridized carbons (Fsp3) is 0.182.